The fraction of sp³-hybridized carbons (Fsp3) is 0.357. The number of hydrogen-bond acceptors (Lipinski definition) is 3. The van der Waals surface area contributed by atoms with E-state index in [4.69, 9.17) is 4.74 Å². The third-order valence-corrected chi connectivity index (χ3v) is 3.40. The van der Waals surface area contributed by atoms with Gasteiger partial charge in [0.15, 0.2) is 6.10 Å². The Hall–Kier alpha value is -1.82. The lowest BCUT2D eigenvalue weighted by Crippen LogP contribution is -2.49. The molecular weight excluding hydrogens is 269 g/mol. The fourth-order valence-corrected chi connectivity index (χ4v) is 2.42. The number of para-hydroxylation sites is 1. The second-order valence-electron chi connectivity index (χ2n) is 4.69. The highest BCUT2D eigenvalue weighted by Gasteiger charge is 2.43. The summed E-state index contributed by atoms with van der Waals surface area (Å²) >= 11 is 0. The van der Waals surface area contributed by atoms with E-state index >= 15 is 0 Å². The molecule has 0 unspecified atom stereocenters. The summed E-state index contributed by atoms with van der Waals surface area (Å²) < 4.78 is 43.2. The molecule has 1 saturated heterocycles. The molecule has 2 heterocycles. The molecule has 1 aliphatic heterocycles. The van der Waals surface area contributed by atoms with Crippen molar-refractivity contribution < 1.29 is 17.9 Å². The fourth-order valence-electron chi connectivity index (χ4n) is 2.42. The number of hydrogen-bond donors (Lipinski definition) is 0. The third-order valence-electron chi connectivity index (χ3n) is 3.40. The minimum Gasteiger partial charge on any atom is -0.366 e. The smallest absolute Gasteiger partial charge is 0.366 e. The maximum atomic E-state index is 12.8. The molecule has 1 fully saturated rings. The average Bonchev–Trinajstić information content (AvgIpc) is 2.46. The van der Waals surface area contributed by atoms with Gasteiger partial charge in [-0.3, -0.25) is 4.98 Å². The Labute approximate surface area is 114 Å². The van der Waals surface area contributed by atoms with Crippen molar-refractivity contribution in [3.8, 4) is 0 Å². The maximum Gasteiger partial charge on any atom is 0.416 e. The van der Waals surface area contributed by atoms with E-state index in [9.17, 15) is 13.2 Å². The number of nitrogens with zero attached hydrogens (tertiary/aromatic N) is 2. The number of rotatable bonds is 1. The highest BCUT2D eigenvalue weighted by molar-refractivity contribution is 5.91. The summed E-state index contributed by atoms with van der Waals surface area (Å²) in [7, 11) is 0. The molecule has 2 aromatic rings. The molecule has 1 aliphatic rings. The first-order chi connectivity index (χ1) is 9.55. The van der Waals surface area contributed by atoms with E-state index in [-0.39, 0.29) is 13.2 Å². The van der Waals surface area contributed by atoms with Crippen LogP contribution in [0.2, 0.25) is 0 Å². The zero-order valence-electron chi connectivity index (χ0n) is 10.6. The molecule has 0 aliphatic carbocycles. The van der Waals surface area contributed by atoms with Crippen molar-refractivity contribution in [2.24, 2.45) is 0 Å². The van der Waals surface area contributed by atoms with Gasteiger partial charge in [0.2, 0.25) is 0 Å². The van der Waals surface area contributed by atoms with Gasteiger partial charge in [-0.2, -0.15) is 13.2 Å². The van der Waals surface area contributed by atoms with Crippen LogP contribution < -0.4 is 4.90 Å². The standard InChI is InChI=1S/C14H13F3N2O/c15-14(16,17)13-9-19(7-8-20-13)12-5-6-18-11-4-2-1-3-10(11)12/h1-6,13H,7-9H2/t13-/m0/s1. The van der Waals surface area contributed by atoms with Crippen molar-refractivity contribution in [1.29, 1.82) is 0 Å². The van der Waals surface area contributed by atoms with Gasteiger partial charge in [-0.15, -0.1) is 0 Å². The Morgan fingerprint density at radius 2 is 2.00 bits per heavy atom. The van der Waals surface area contributed by atoms with E-state index in [1.165, 1.54) is 0 Å². The van der Waals surface area contributed by atoms with E-state index in [2.05, 4.69) is 4.98 Å². The highest BCUT2D eigenvalue weighted by atomic mass is 19.4. The van der Waals surface area contributed by atoms with E-state index in [1.54, 1.807) is 17.2 Å². The van der Waals surface area contributed by atoms with Crippen molar-refractivity contribution >= 4 is 16.6 Å². The zero-order valence-corrected chi connectivity index (χ0v) is 10.6. The van der Waals surface area contributed by atoms with Crippen LogP contribution in [0.25, 0.3) is 10.9 Å². The number of ether oxygens (including phenoxy) is 1. The van der Waals surface area contributed by atoms with Crippen molar-refractivity contribution in [2.75, 3.05) is 24.6 Å². The van der Waals surface area contributed by atoms with Crippen molar-refractivity contribution in [1.82, 2.24) is 4.98 Å². The highest BCUT2D eigenvalue weighted by Crippen LogP contribution is 2.31. The van der Waals surface area contributed by atoms with E-state index in [0.29, 0.717) is 6.54 Å². The number of halogens is 3. The molecule has 0 amide bonds. The summed E-state index contributed by atoms with van der Waals surface area (Å²) in [5.74, 6) is 0. The van der Waals surface area contributed by atoms with Crippen LogP contribution in [-0.2, 0) is 4.74 Å². The molecule has 0 spiro atoms. The van der Waals surface area contributed by atoms with Crippen molar-refractivity contribution in [3.63, 3.8) is 0 Å². The first-order valence-electron chi connectivity index (χ1n) is 6.33. The van der Waals surface area contributed by atoms with Crippen LogP contribution in [0.3, 0.4) is 0 Å². The predicted octanol–water partition coefficient (Wildman–Crippen LogP) is 3.00. The maximum absolute atomic E-state index is 12.8. The Bertz CT molecular complexity index is 609. The van der Waals surface area contributed by atoms with Gasteiger partial charge in [0.25, 0.3) is 0 Å². The minimum atomic E-state index is -4.33. The number of morpholine rings is 1. The van der Waals surface area contributed by atoms with Gasteiger partial charge in [0.1, 0.15) is 0 Å². The summed E-state index contributed by atoms with van der Waals surface area (Å²) in [4.78, 5) is 5.94. The van der Waals surface area contributed by atoms with Crippen LogP contribution >= 0.6 is 0 Å². The normalized spacial score (nSPS) is 20.4. The number of alkyl halides is 3. The molecular formula is C14H13F3N2O. The van der Waals surface area contributed by atoms with Gasteiger partial charge in [0, 0.05) is 23.8 Å². The van der Waals surface area contributed by atoms with Gasteiger partial charge in [-0.05, 0) is 12.1 Å². The predicted molar refractivity (Wildman–Crippen MR) is 69.8 cm³/mol. The van der Waals surface area contributed by atoms with Crippen LogP contribution in [0.1, 0.15) is 0 Å². The number of pyridine rings is 1. The van der Waals surface area contributed by atoms with Crippen LogP contribution in [0.5, 0.6) is 0 Å². The Morgan fingerprint density at radius 1 is 1.20 bits per heavy atom. The third kappa shape index (κ3) is 2.43. The zero-order chi connectivity index (χ0) is 14.2. The lowest BCUT2D eigenvalue weighted by atomic mass is 10.1. The van der Waals surface area contributed by atoms with Gasteiger partial charge in [-0.1, -0.05) is 18.2 Å². The second-order valence-corrected chi connectivity index (χ2v) is 4.69. The molecule has 0 N–H and O–H groups in total. The molecule has 20 heavy (non-hydrogen) atoms. The Balaban J connectivity index is 1.95. The lowest BCUT2D eigenvalue weighted by molar-refractivity contribution is -0.221. The first kappa shape index (κ1) is 13.2. The van der Waals surface area contributed by atoms with Crippen molar-refractivity contribution in [3.05, 3.63) is 36.5 Å². The largest absolute Gasteiger partial charge is 0.416 e. The molecule has 3 rings (SSSR count). The molecule has 106 valence electrons. The topological polar surface area (TPSA) is 25.4 Å². The van der Waals surface area contributed by atoms with Crippen molar-refractivity contribution in [2.45, 2.75) is 12.3 Å². The van der Waals surface area contributed by atoms with E-state index in [1.807, 2.05) is 24.3 Å². The quantitative estimate of drug-likeness (QED) is 0.804. The van der Waals surface area contributed by atoms with E-state index in [0.717, 1.165) is 16.6 Å². The van der Waals surface area contributed by atoms with Crippen LogP contribution in [0.15, 0.2) is 36.5 Å². The summed E-state index contributed by atoms with van der Waals surface area (Å²) in [6.07, 6.45) is -4.44. The molecule has 6 heteroatoms. The number of aromatic nitrogens is 1. The molecule has 1 aromatic heterocycles. The Morgan fingerprint density at radius 3 is 2.80 bits per heavy atom. The molecule has 0 bridgehead atoms. The molecule has 1 aromatic carbocycles. The number of benzene rings is 1. The molecule has 3 nitrogen and oxygen atoms in total. The molecule has 1 atom stereocenters. The summed E-state index contributed by atoms with van der Waals surface area (Å²) in [5.41, 5.74) is 1.55. The molecule has 0 saturated carbocycles. The minimum absolute atomic E-state index is 0.0703. The monoisotopic (exact) mass is 282 g/mol. The lowest BCUT2D eigenvalue weighted by Gasteiger charge is -2.35. The van der Waals surface area contributed by atoms with E-state index < -0.39 is 12.3 Å². The van der Waals surface area contributed by atoms with Gasteiger partial charge in [-0.25, -0.2) is 0 Å². The first-order valence-corrected chi connectivity index (χ1v) is 6.33. The summed E-state index contributed by atoms with van der Waals surface area (Å²) in [6.45, 7) is 0.332. The van der Waals surface area contributed by atoms with Gasteiger partial charge < -0.3 is 9.64 Å². The summed E-state index contributed by atoms with van der Waals surface area (Å²) in [5, 5.41) is 0.859. The van der Waals surface area contributed by atoms with Gasteiger partial charge >= 0.3 is 6.18 Å². The summed E-state index contributed by atoms with van der Waals surface area (Å²) in [6, 6.07) is 9.18. The van der Waals surface area contributed by atoms with Gasteiger partial charge in [0.05, 0.1) is 18.7 Å². The Kier molecular flexibility index (Phi) is 3.25. The number of anilines is 1. The number of fused-ring (bicyclic) bond motifs is 1. The second kappa shape index (κ2) is 4.94. The van der Waals surface area contributed by atoms with Crippen LogP contribution in [0.4, 0.5) is 18.9 Å². The van der Waals surface area contributed by atoms with Crippen LogP contribution in [-0.4, -0.2) is 37.0 Å². The van der Waals surface area contributed by atoms with Crippen LogP contribution in [0, 0.1) is 0 Å². The average molecular weight is 282 g/mol. The SMILES string of the molecule is FC(F)(F)[C@@H]1CN(c2ccnc3ccccc23)CCO1. The molecule has 0 radical (unpaired) electrons.